The van der Waals surface area contributed by atoms with Crippen molar-refractivity contribution in [1.29, 1.82) is 0 Å². The predicted octanol–water partition coefficient (Wildman–Crippen LogP) is 4.14. The third kappa shape index (κ3) is 2.53. The smallest absolute Gasteiger partial charge is 0.118 e. The maximum absolute atomic E-state index is 9.50. The molecular formula is C14H20O. The summed E-state index contributed by atoms with van der Waals surface area (Å²) in [6.45, 7) is 1.98. The minimum atomic E-state index is 0.423. The van der Waals surface area contributed by atoms with E-state index < -0.39 is 0 Å². The van der Waals surface area contributed by atoms with Crippen molar-refractivity contribution in [3.05, 3.63) is 29.3 Å². The molecule has 1 nitrogen and oxygen atoms in total. The van der Waals surface area contributed by atoms with Crippen LogP contribution >= 0.6 is 0 Å². The molecule has 1 saturated carbocycles. The van der Waals surface area contributed by atoms with Gasteiger partial charge in [-0.2, -0.15) is 0 Å². The molecule has 0 aromatic heterocycles. The van der Waals surface area contributed by atoms with Crippen LogP contribution in [0.15, 0.2) is 18.2 Å². The van der Waals surface area contributed by atoms with E-state index in [1.807, 2.05) is 13.0 Å². The van der Waals surface area contributed by atoms with Crippen LogP contribution in [0.1, 0.15) is 55.6 Å². The Kier molecular flexibility index (Phi) is 3.30. The summed E-state index contributed by atoms with van der Waals surface area (Å²) >= 11 is 0. The van der Waals surface area contributed by atoms with E-state index in [0.29, 0.717) is 5.75 Å². The molecule has 0 unspecified atom stereocenters. The minimum Gasteiger partial charge on any atom is -0.508 e. The Morgan fingerprint density at radius 1 is 1.07 bits per heavy atom. The van der Waals surface area contributed by atoms with Crippen LogP contribution in [0.5, 0.6) is 5.75 Å². The van der Waals surface area contributed by atoms with Gasteiger partial charge in [0, 0.05) is 0 Å². The average Bonchev–Trinajstić information content (AvgIpc) is 2.50. The first-order chi connectivity index (χ1) is 7.27. The van der Waals surface area contributed by atoms with Gasteiger partial charge in [0.1, 0.15) is 5.75 Å². The van der Waals surface area contributed by atoms with Crippen LogP contribution in [0, 0.1) is 6.92 Å². The van der Waals surface area contributed by atoms with Crippen LogP contribution in [-0.2, 0) is 0 Å². The largest absolute Gasteiger partial charge is 0.508 e. The number of phenolic OH excluding ortho intramolecular Hbond substituents is 1. The molecule has 2 rings (SSSR count). The zero-order valence-corrected chi connectivity index (χ0v) is 9.50. The molecule has 1 aromatic carbocycles. The Morgan fingerprint density at radius 3 is 2.33 bits per heavy atom. The Morgan fingerprint density at radius 2 is 1.73 bits per heavy atom. The first kappa shape index (κ1) is 10.5. The van der Waals surface area contributed by atoms with Crippen LogP contribution in [0.25, 0.3) is 0 Å². The highest BCUT2D eigenvalue weighted by atomic mass is 16.3. The van der Waals surface area contributed by atoms with Crippen molar-refractivity contribution in [3.63, 3.8) is 0 Å². The van der Waals surface area contributed by atoms with Gasteiger partial charge in [-0.25, -0.2) is 0 Å². The minimum absolute atomic E-state index is 0.423. The molecule has 0 amide bonds. The van der Waals surface area contributed by atoms with Gasteiger partial charge in [-0.05, 0) is 42.9 Å². The first-order valence-electron chi connectivity index (χ1n) is 6.07. The molecule has 0 atom stereocenters. The number of phenols is 1. The van der Waals surface area contributed by atoms with E-state index in [4.69, 9.17) is 0 Å². The lowest BCUT2D eigenvalue weighted by Crippen LogP contribution is -1.97. The van der Waals surface area contributed by atoms with Gasteiger partial charge >= 0.3 is 0 Å². The fourth-order valence-corrected chi connectivity index (χ4v) is 2.55. The summed E-state index contributed by atoms with van der Waals surface area (Å²) in [4.78, 5) is 0. The van der Waals surface area contributed by atoms with Gasteiger partial charge in [0.2, 0.25) is 0 Å². The fourth-order valence-electron chi connectivity index (χ4n) is 2.55. The molecule has 1 fully saturated rings. The van der Waals surface area contributed by atoms with Crippen molar-refractivity contribution in [1.82, 2.24) is 0 Å². The zero-order valence-electron chi connectivity index (χ0n) is 9.50. The number of aromatic hydroxyl groups is 1. The summed E-state index contributed by atoms with van der Waals surface area (Å²) in [6, 6.07) is 6.10. The lowest BCUT2D eigenvalue weighted by atomic mass is 9.91. The number of hydrogen-bond donors (Lipinski definition) is 1. The van der Waals surface area contributed by atoms with Gasteiger partial charge in [-0.1, -0.05) is 37.8 Å². The van der Waals surface area contributed by atoms with Crippen molar-refractivity contribution in [2.75, 3.05) is 0 Å². The summed E-state index contributed by atoms with van der Waals surface area (Å²) in [5, 5.41) is 9.50. The highest BCUT2D eigenvalue weighted by Crippen LogP contribution is 2.33. The Bertz CT molecular complexity index is 322. The monoisotopic (exact) mass is 204 g/mol. The number of rotatable bonds is 1. The highest BCUT2D eigenvalue weighted by Gasteiger charge is 2.14. The Hall–Kier alpha value is -0.980. The van der Waals surface area contributed by atoms with Crippen LogP contribution in [-0.4, -0.2) is 5.11 Å². The van der Waals surface area contributed by atoms with Gasteiger partial charge in [0.25, 0.3) is 0 Å². The Labute approximate surface area is 92.1 Å². The maximum atomic E-state index is 9.50. The second-order valence-electron chi connectivity index (χ2n) is 4.73. The molecule has 1 aliphatic rings. The number of hydrogen-bond acceptors (Lipinski definition) is 1. The van der Waals surface area contributed by atoms with E-state index in [1.165, 1.54) is 44.1 Å². The standard InChI is InChI=1S/C14H20O/c1-11-10-13(8-9-14(11)15)12-6-4-2-3-5-7-12/h8-10,12,15H,2-7H2,1H3. The lowest BCUT2D eigenvalue weighted by molar-refractivity contribution is 0.470. The van der Waals surface area contributed by atoms with Crippen molar-refractivity contribution in [3.8, 4) is 5.75 Å². The van der Waals surface area contributed by atoms with Gasteiger partial charge in [-0.3, -0.25) is 0 Å². The summed E-state index contributed by atoms with van der Waals surface area (Å²) < 4.78 is 0. The molecule has 1 aliphatic carbocycles. The predicted molar refractivity (Wildman–Crippen MR) is 63.3 cm³/mol. The molecule has 0 aliphatic heterocycles. The lowest BCUT2D eigenvalue weighted by Gasteiger charge is -2.15. The molecule has 0 saturated heterocycles. The van der Waals surface area contributed by atoms with Crippen LogP contribution < -0.4 is 0 Å². The molecule has 1 N–H and O–H groups in total. The first-order valence-corrected chi connectivity index (χ1v) is 6.07. The molecular weight excluding hydrogens is 184 g/mol. The van der Waals surface area contributed by atoms with Gasteiger partial charge in [0.05, 0.1) is 0 Å². The third-order valence-electron chi connectivity index (χ3n) is 3.55. The second kappa shape index (κ2) is 4.69. The third-order valence-corrected chi connectivity index (χ3v) is 3.55. The van der Waals surface area contributed by atoms with E-state index in [9.17, 15) is 5.11 Å². The molecule has 15 heavy (non-hydrogen) atoms. The van der Waals surface area contributed by atoms with E-state index in [2.05, 4.69) is 12.1 Å². The van der Waals surface area contributed by atoms with Gasteiger partial charge in [0.15, 0.2) is 0 Å². The summed E-state index contributed by atoms with van der Waals surface area (Å²) in [5.41, 5.74) is 2.43. The van der Waals surface area contributed by atoms with E-state index in [0.717, 1.165) is 11.5 Å². The summed E-state index contributed by atoms with van der Waals surface area (Å²) in [5.74, 6) is 1.15. The molecule has 1 heteroatoms. The zero-order chi connectivity index (χ0) is 10.7. The highest BCUT2D eigenvalue weighted by molar-refractivity contribution is 5.36. The molecule has 1 aromatic rings. The average molecular weight is 204 g/mol. The molecule has 0 bridgehead atoms. The normalized spacial score (nSPS) is 18.7. The van der Waals surface area contributed by atoms with Gasteiger partial charge < -0.3 is 5.11 Å². The molecule has 0 heterocycles. The number of aryl methyl sites for hydroxylation is 1. The van der Waals surface area contributed by atoms with Crippen molar-refractivity contribution < 1.29 is 5.11 Å². The van der Waals surface area contributed by atoms with Gasteiger partial charge in [-0.15, -0.1) is 0 Å². The quantitative estimate of drug-likeness (QED) is 0.682. The molecule has 0 spiro atoms. The van der Waals surface area contributed by atoms with Crippen molar-refractivity contribution in [2.24, 2.45) is 0 Å². The van der Waals surface area contributed by atoms with E-state index >= 15 is 0 Å². The van der Waals surface area contributed by atoms with Crippen LogP contribution in [0.3, 0.4) is 0 Å². The molecule has 82 valence electrons. The topological polar surface area (TPSA) is 20.2 Å². The summed E-state index contributed by atoms with van der Waals surface area (Å²) in [6.07, 6.45) is 8.17. The Balaban J connectivity index is 2.16. The number of benzene rings is 1. The SMILES string of the molecule is Cc1cc(C2CCCCCC2)ccc1O. The van der Waals surface area contributed by atoms with Crippen LogP contribution in [0.2, 0.25) is 0 Å². The van der Waals surface area contributed by atoms with Crippen LogP contribution in [0.4, 0.5) is 0 Å². The fraction of sp³-hybridized carbons (Fsp3) is 0.571. The summed E-state index contributed by atoms with van der Waals surface area (Å²) in [7, 11) is 0. The molecule has 0 radical (unpaired) electrons. The van der Waals surface area contributed by atoms with Crippen molar-refractivity contribution in [2.45, 2.75) is 51.4 Å². The maximum Gasteiger partial charge on any atom is 0.118 e. The van der Waals surface area contributed by atoms with E-state index in [-0.39, 0.29) is 0 Å². The second-order valence-corrected chi connectivity index (χ2v) is 4.73. The van der Waals surface area contributed by atoms with E-state index in [1.54, 1.807) is 0 Å². The van der Waals surface area contributed by atoms with Crippen molar-refractivity contribution >= 4 is 0 Å².